The third kappa shape index (κ3) is 2.73. The number of carbonyl (C=O) groups is 1. The average Bonchev–Trinajstić information content (AvgIpc) is 3.01. The molecule has 0 fully saturated rings. The quantitative estimate of drug-likeness (QED) is 0.584. The molecule has 0 saturated carbocycles. The molecule has 2 aromatic heterocycles. The Bertz CT molecular complexity index is 1080. The van der Waals surface area contributed by atoms with E-state index in [-0.39, 0.29) is 11.9 Å². The molecule has 2 aromatic carbocycles. The number of aromatic nitrogens is 2. The minimum absolute atomic E-state index is 0.0411. The Morgan fingerprint density at radius 2 is 1.85 bits per heavy atom. The van der Waals surface area contributed by atoms with E-state index in [4.69, 9.17) is 0 Å². The molecule has 0 aliphatic rings. The number of pyridine rings is 1. The Morgan fingerprint density at radius 3 is 2.62 bits per heavy atom. The van der Waals surface area contributed by atoms with Gasteiger partial charge in [-0.2, -0.15) is 0 Å². The number of nitrogens with zero attached hydrogens (tertiary/aromatic N) is 2. The molecule has 0 aliphatic heterocycles. The molecule has 0 bridgehead atoms. The molecule has 0 unspecified atom stereocenters. The number of carbonyl (C=O) groups excluding carboxylic acids is 1. The van der Waals surface area contributed by atoms with Crippen LogP contribution in [0.1, 0.15) is 35.8 Å². The maximum absolute atomic E-state index is 12.8. The second-order valence-corrected chi connectivity index (χ2v) is 6.47. The summed E-state index contributed by atoms with van der Waals surface area (Å²) in [7, 11) is 0. The number of rotatable bonds is 4. The van der Waals surface area contributed by atoms with Gasteiger partial charge in [0, 0.05) is 34.6 Å². The first kappa shape index (κ1) is 16.3. The number of fused-ring (bicyclic) bond motifs is 3. The highest BCUT2D eigenvalue weighted by Crippen LogP contribution is 2.29. The van der Waals surface area contributed by atoms with Crippen molar-refractivity contribution in [2.24, 2.45) is 0 Å². The van der Waals surface area contributed by atoms with Crippen molar-refractivity contribution in [2.45, 2.75) is 26.4 Å². The molecule has 1 atom stereocenters. The van der Waals surface area contributed by atoms with E-state index in [0.29, 0.717) is 5.56 Å². The molecule has 4 rings (SSSR count). The van der Waals surface area contributed by atoms with Crippen LogP contribution in [0.3, 0.4) is 0 Å². The van der Waals surface area contributed by atoms with Crippen LogP contribution in [0.4, 0.5) is 0 Å². The standard InChI is InChI=1S/C22H21N3O/c1-3-25-20-13-17(9-10-18(20)19-11-12-23-14-21(19)25)22(26)24-15(2)16-7-5-4-6-8-16/h4-15H,3H2,1-2H3,(H,24,26)/t15-/m1/s1. The third-order valence-corrected chi connectivity index (χ3v) is 4.90. The van der Waals surface area contributed by atoms with Crippen LogP contribution in [0, 0.1) is 0 Å². The van der Waals surface area contributed by atoms with Crippen molar-refractivity contribution in [3.05, 3.63) is 78.1 Å². The molecular formula is C22H21N3O. The number of nitrogens with one attached hydrogen (secondary N) is 1. The second kappa shape index (κ2) is 6.64. The number of amides is 1. The van der Waals surface area contributed by atoms with Crippen molar-refractivity contribution in [1.82, 2.24) is 14.9 Å². The minimum Gasteiger partial charge on any atom is -0.346 e. The smallest absolute Gasteiger partial charge is 0.251 e. The largest absolute Gasteiger partial charge is 0.346 e. The monoisotopic (exact) mass is 343 g/mol. The predicted molar refractivity (Wildman–Crippen MR) is 105 cm³/mol. The van der Waals surface area contributed by atoms with Gasteiger partial charge in [-0.1, -0.05) is 36.4 Å². The topological polar surface area (TPSA) is 46.9 Å². The van der Waals surface area contributed by atoms with Crippen LogP contribution in [0.5, 0.6) is 0 Å². The highest BCUT2D eigenvalue weighted by molar-refractivity contribution is 6.10. The Balaban J connectivity index is 1.71. The third-order valence-electron chi connectivity index (χ3n) is 4.90. The van der Waals surface area contributed by atoms with Gasteiger partial charge in [-0.15, -0.1) is 0 Å². The molecule has 0 radical (unpaired) electrons. The summed E-state index contributed by atoms with van der Waals surface area (Å²) < 4.78 is 2.20. The fourth-order valence-electron chi connectivity index (χ4n) is 3.53. The van der Waals surface area contributed by atoms with E-state index >= 15 is 0 Å². The predicted octanol–water partition coefficient (Wildman–Crippen LogP) is 4.70. The molecule has 4 nitrogen and oxygen atoms in total. The van der Waals surface area contributed by atoms with Crippen molar-refractivity contribution in [2.75, 3.05) is 0 Å². The molecule has 4 heteroatoms. The molecule has 1 amide bonds. The number of benzene rings is 2. The Morgan fingerprint density at radius 1 is 1.08 bits per heavy atom. The number of hydrogen-bond acceptors (Lipinski definition) is 2. The van der Waals surface area contributed by atoms with E-state index in [1.807, 2.05) is 73.9 Å². The summed E-state index contributed by atoms with van der Waals surface area (Å²) in [6.07, 6.45) is 3.69. The van der Waals surface area contributed by atoms with Gasteiger partial charge < -0.3 is 9.88 Å². The first-order valence-electron chi connectivity index (χ1n) is 8.91. The van der Waals surface area contributed by atoms with Gasteiger partial charge in [0.15, 0.2) is 0 Å². The van der Waals surface area contributed by atoms with Gasteiger partial charge in [0.05, 0.1) is 17.8 Å². The van der Waals surface area contributed by atoms with Gasteiger partial charge >= 0.3 is 0 Å². The van der Waals surface area contributed by atoms with E-state index in [0.717, 1.165) is 28.5 Å². The lowest BCUT2D eigenvalue weighted by molar-refractivity contribution is 0.0940. The van der Waals surface area contributed by atoms with Gasteiger partial charge in [0.25, 0.3) is 5.91 Å². The van der Waals surface area contributed by atoms with Crippen molar-refractivity contribution in [3.63, 3.8) is 0 Å². The molecule has 130 valence electrons. The van der Waals surface area contributed by atoms with Gasteiger partial charge in [0.2, 0.25) is 0 Å². The summed E-state index contributed by atoms with van der Waals surface area (Å²) in [6.45, 7) is 4.94. The van der Waals surface area contributed by atoms with Crippen LogP contribution in [-0.2, 0) is 6.54 Å². The van der Waals surface area contributed by atoms with E-state index in [1.54, 1.807) is 0 Å². The number of hydrogen-bond donors (Lipinski definition) is 1. The molecule has 0 aliphatic carbocycles. The van der Waals surface area contributed by atoms with E-state index in [2.05, 4.69) is 21.8 Å². The van der Waals surface area contributed by atoms with Gasteiger partial charge in [-0.05, 0) is 37.6 Å². The average molecular weight is 343 g/mol. The van der Waals surface area contributed by atoms with Crippen LogP contribution < -0.4 is 5.32 Å². The van der Waals surface area contributed by atoms with E-state index in [1.165, 1.54) is 5.39 Å². The van der Waals surface area contributed by atoms with Crippen molar-refractivity contribution < 1.29 is 4.79 Å². The van der Waals surface area contributed by atoms with Crippen LogP contribution >= 0.6 is 0 Å². The molecule has 2 heterocycles. The molecular weight excluding hydrogens is 322 g/mol. The molecule has 26 heavy (non-hydrogen) atoms. The normalized spacial score (nSPS) is 12.4. The lowest BCUT2D eigenvalue weighted by Crippen LogP contribution is -2.26. The molecule has 4 aromatic rings. The summed E-state index contributed by atoms with van der Waals surface area (Å²) in [5.41, 5.74) is 3.93. The summed E-state index contributed by atoms with van der Waals surface area (Å²) in [5, 5.41) is 5.41. The lowest BCUT2D eigenvalue weighted by Gasteiger charge is -2.14. The molecule has 1 N–H and O–H groups in total. The van der Waals surface area contributed by atoms with Crippen molar-refractivity contribution >= 4 is 27.7 Å². The summed E-state index contributed by atoms with van der Waals surface area (Å²) in [5.74, 6) is -0.0608. The SMILES string of the molecule is CCn1c2cnccc2c2ccc(C(=O)N[C@H](C)c3ccccc3)cc21. The zero-order valence-corrected chi connectivity index (χ0v) is 14.9. The zero-order chi connectivity index (χ0) is 18.1. The van der Waals surface area contributed by atoms with Gasteiger partial charge in [-0.3, -0.25) is 9.78 Å². The van der Waals surface area contributed by atoms with Crippen molar-refractivity contribution in [3.8, 4) is 0 Å². The first-order valence-corrected chi connectivity index (χ1v) is 8.91. The minimum atomic E-state index is -0.0608. The van der Waals surface area contributed by atoms with Crippen LogP contribution in [-0.4, -0.2) is 15.5 Å². The second-order valence-electron chi connectivity index (χ2n) is 6.47. The summed E-state index contributed by atoms with van der Waals surface area (Å²) in [4.78, 5) is 17.0. The van der Waals surface area contributed by atoms with E-state index in [9.17, 15) is 4.79 Å². The zero-order valence-electron chi connectivity index (χ0n) is 14.9. The molecule has 0 saturated heterocycles. The fourth-order valence-corrected chi connectivity index (χ4v) is 3.53. The van der Waals surface area contributed by atoms with Gasteiger partial charge in [0.1, 0.15) is 0 Å². The first-order chi connectivity index (χ1) is 12.7. The fraction of sp³-hybridized carbons (Fsp3) is 0.182. The summed E-state index contributed by atoms with van der Waals surface area (Å²) in [6, 6.07) is 17.9. The summed E-state index contributed by atoms with van der Waals surface area (Å²) >= 11 is 0. The Hall–Kier alpha value is -3.14. The van der Waals surface area contributed by atoms with Crippen LogP contribution in [0.15, 0.2) is 67.0 Å². The lowest BCUT2D eigenvalue weighted by atomic mass is 10.1. The maximum Gasteiger partial charge on any atom is 0.251 e. The number of aryl methyl sites for hydroxylation is 1. The molecule has 0 spiro atoms. The Kier molecular flexibility index (Phi) is 4.17. The Labute approximate surface area is 152 Å². The highest BCUT2D eigenvalue weighted by Gasteiger charge is 2.15. The van der Waals surface area contributed by atoms with Gasteiger partial charge in [-0.25, -0.2) is 0 Å². The highest BCUT2D eigenvalue weighted by atomic mass is 16.1. The van der Waals surface area contributed by atoms with Crippen LogP contribution in [0.2, 0.25) is 0 Å². The van der Waals surface area contributed by atoms with Crippen LogP contribution in [0.25, 0.3) is 21.8 Å². The van der Waals surface area contributed by atoms with Crippen molar-refractivity contribution in [1.29, 1.82) is 0 Å². The van der Waals surface area contributed by atoms with E-state index < -0.39 is 0 Å². The maximum atomic E-state index is 12.8.